The molecule has 2 aliphatic heterocycles. The monoisotopic (exact) mass is 972 g/mol. The molecule has 0 bridgehead atoms. The maximum Gasteiger partial charge on any atom is 0.264 e. The predicted molar refractivity (Wildman–Crippen MR) is 315 cm³/mol. The lowest BCUT2D eigenvalue weighted by molar-refractivity contribution is 0.332. The fraction of sp³-hybridized carbons (Fsp3) is 0.493. The molecule has 0 saturated heterocycles. The zero-order chi connectivity index (χ0) is 50.3. The molecule has 0 radical (unpaired) electrons. The molecule has 6 aliphatic carbocycles. The van der Waals surface area contributed by atoms with Crippen LogP contribution in [0.4, 0.5) is 28.4 Å². The van der Waals surface area contributed by atoms with Crippen molar-refractivity contribution < 1.29 is 0 Å². The zero-order valence-corrected chi connectivity index (χ0v) is 46.8. The van der Waals surface area contributed by atoms with Gasteiger partial charge in [0, 0.05) is 43.3 Å². The molecular weight excluding hydrogens is 890 g/mol. The number of hydrogen-bond acceptors (Lipinski definition) is 4. The Balaban J connectivity index is 1.13. The van der Waals surface area contributed by atoms with E-state index in [0.29, 0.717) is 41.4 Å². The summed E-state index contributed by atoms with van der Waals surface area (Å²) in [4.78, 5) is 5.54. The van der Waals surface area contributed by atoms with Crippen molar-refractivity contribution in [1.29, 1.82) is 0 Å². The second kappa shape index (κ2) is 17.7. The average molecular weight is 972 g/mol. The van der Waals surface area contributed by atoms with Crippen LogP contribution in [0.2, 0.25) is 0 Å². The van der Waals surface area contributed by atoms with Gasteiger partial charge < -0.3 is 15.1 Å². The van der Waals surface area contributed by atoms with Crippen molar-refractivity contribution in [3.05, 3.63) is 142 Å². The van der Waals surface area contributed by atoms with Gasteiger partial charge in [-0.3, -0.25) is 0 Å². The minimum absolute atomic E-state index is 0.0983. The highest BCUT2D eigenvalue weighted by molar-refractivity contribution is 7.33. The van der Waals surface area contributed by atoms with Crippen LogP contribution >= 0.6 is 11.3 Å². The van der Waals surface area contributed by atoms with Gasteiger partial charge in [-0.25, -0.2) is 0 Å². The van der Waals surface area contributed by atoms with Crippen LogP contribution in [0.3, 0.4) is 0 Å². The van der Waals surface area contributed by atoms with Crippen molar-refractivity contribution in [3.63, 3.8) is 0 Å². The van der Waals surface area contributed by atoms with E-state index in [-0.39, 0.29) is 29.6 Å². The van der Waals surface area contributed by atoms with Gasteiger partial charge in [0.25, 0.3) is 6.71 Å². The van der Waals surface area contributed by atoms with E-state index in [1.165, 1.54) is 117 Å². The maximum atomic E-state index is 4.61. The summed E-state index contributed by atoms with van der Waals surface area (Å²) in [5.74, 6) is 3.96. The van der Waals surface area contributed by atoms with Crippen molar-refractivity contribution in [2.45, 2.75) is 182 Å². The van der Waals surface area contributed by atoms with Gasteiger partial charge in [-0.2, -0.15) is 0 Å². The van der Waals surface area contributed by atoms with Gasteiger partial charge in [0.1, 0.15) is 0 Å². The van der Waals surface area contributed by atoms with Crippen LogP contribution in [0.1, 0.15) is 181 Å². The predicted octanol–water partition coefficient (Wildman–Crippen LogP) is 16.7. The number of nitrogens with zero attached hydrogens (tertiary/aromatic N) is 2. The van der Waals surface area contributed by atoms with Gasteiger partial charge in [-0.15, -0.1) is 11.3 Å². The molecule has 0 amide bonds. The fourth-order valence-electron chi connectivity index (χ4n) is 15.3. The number of nitrogens with one attached hydrogen (secondary N) is 1. The minimum atomic E-state index is 0.0983. The van der Waals surface area contributed by atoms with Crippen molar-refractivity contribution >= 4 is 72.3 Å². The Morgan fingerprint density at radius 3 is 1.89 bits per heavy atom. The van der Waals surface area contributed by atoms with Crippen molar-refractivity contribution in [2.24, 2.45) is 29.6 Å². The minimum Gasteiger partial charge on any atom is -0.358 e. The summed E-state index contributed by atoms with van der Waals surface area (Å²) in [6.45, 7) is 34.1. The van der Waals surface area contributed by atoms with E-state index >= 15 is 0 Å². The van der Waals surface area contributed by atoms with Crippen molar-refractivity contribution in [3.8, 4) is 0 Å². The normalized spacial score (nSPS) is 28.8. The van der Waals surface area contributed by atoms with Gasteiger partial charge in [0.15, 0.2) is 0 Å². The standard InChI is InChI=1S/C67H82BN3S/c1-14-45(17-15-16-38(2)3)71-60-36-54-44(9)23-22-43(8)53(54)35-58(60)68-63-59(69-64-55-34-56-57(37-62(55)72-65(64)68)67(12,13)29-28-66(56,10)11)32-48(33-61(63)71)70(46-24-26-49-39(4)18-20-41(6)51(49)30-46)47-25-27-50-40(5)19-21-42(7)52(50)31-47/h14-17,24-27,32-44,46-47,69H,1,18-23,28-31H2,2-13H3/b16-15+,45-17+. The summed E-state index contributed by atoms with van der Waals surface area (Å²) in [6, 6.07) is 16.3. The van der Waals surface area contributed by atoms with E-state index in [4.69, 9.17) is 0 Å². The molecule has 3 nitrogen and oxygen atoms in total. The summed E-state index contributed by atoms with van der Waals surface area (Å²) >= 11 is 2.06. The first-order chi connectivity index (χ1) is 34.4. The molecule has 374 valence electrons. The molecule has 8 atom stereocenters. The second-order valence-corrected chi connectivity index (χ2v) is 27.1. The van der Waals surface area contributed by atoms with Crippen molar-refractivity contribution in [1.82, 2.24) is 0 Å². The number of rotatable bonds is 7. The summed E-state index contributed by atoms with van der Waals surface area (Å²) < 4.78 is 2.88. The first-order valence-corrected chi connectivity index (χ1v) is 29.4. The molecule has 1 aromatic heterocycles. The van der Waals surface area contributed by atoms with Crippen LogP contribution in [-0.4, -0.2) is 18.8 Å². The summed E-state index contributed by atoms with van der Waals surface area (Å²) in [5, 5.41) is 5.76. The van der Waals surface area contributed by atoms with Gasteiger partial charge in [0.2, 0.25) is 0 Å². The molecule has 12 rings (SSSR count). The van der Waals surface area contributed by atoms with Gasteiger partial charge in [-0.05, 0) is 203 Å². The Morgan fingerprint density at radius 2 is 1.29 bits per heavy atom. The highest BCUT2D eigenvalue weighted by Crippen LogP contribution is 2.52. The van der Waals surface area contributed by atoms with Crippen LogP contribution in [0.25, 0.3) is 10.1 Å². The van der Waals surface area contributed by atoms with Crippen LogP contribution in [0.15, 0.2) is 120 Å². The third-order valence-corrected chi connectivity index (χ3v) is 21.1. The SMILES string of the molecule is C=C/C(=C\C=C\C(C)C)N1c2cc3c(cc2B2c4sc5cc6c(cc5c4Nc4cc(N(C5C=CC7=C(C5)C(C)CCC7C)C5C=CC7=C(C5)C(C)CCC7C)cc1c42)C(C)(C)CCC6(C)C)C(C)CCC3C. The highest BCUT2D eigenvalue weighted by Gasteiger charge is 2.46. The van der Waals surface area contributed by atoms with E-state index in [1.54, 1.807) is 33.4 Å². The van der Waals surface area contributed by atoms with Crippen LogP contribution in [0, 0.1) is 29.6 Å². The lowest BCUT2D eigenvalue weighted by Crippen LogP contribution is -2.60. The number of fused-ring (bicyclic) bond motifs is 8. The van der Waals surface area contributed by atoms with Crippen LogP contribution in [0.5, 0.6) is 0 Å². The Bertz CT molecular complexity index is 3050. The second-order valence-electron chi connectivity index (χ2n) is 26.1. The quantitative estimate of drug-likeness (QED) is 0.130. The lowest BCUT2D eigenvalue weighted by atomic mass is 9.36. The largest absolute Gasteiger partial charge is 0.358 e. The molecule has 0 fully saturated rings. The Morgan fingerprint density at radius 1 is 0.722 bits per heavy atom. The first kappa shape index (κ1) is 48.2. The third kappa shape index (κ3) is 7.69. The van der Waals surface area contributed by atoms with E-state index in [2.05, 4.69) is 201 Å². The summed E-state index contributed by atoms with van der Waals surface area (Å²) in [5.41, 5.74) is 23.6. The molecule has 1 N–H and O–H groups in total. The number of allylic oxidation sites excluding steroid dienone is 8. The molecule has 3 heterocycles. The Hall–Kier alpha value is -4.74. The van der Waals surface area contributed by atoms with Gasteiger partial charge in [0.05, 0.1) is 17.8 Å². The number of anilines is 5. The third-order valence-electron chi connectivity index (χ3n) is 19.9. The number of thiophene rings is 1. The molecule has 72 heavy (non-hydrogen) atoms. The molecular formula is C67H82BN3S. The fourth-order valence-corrected chi connectivity index (χ4v) is 16.6. The van der Waals surface area contributed by atoms with Gasteiger partial charge >= 0.3 is 0 Å². The summed E-state index contributed by atoms with van der Waals surface area (Å²) in [6.07, 6.45) is 31.7. The molecule has 8 unspecified atom stereocenters. The lowest BCUT2D eigenvalue weighted by Gasteiger charge is -2.46. The van der Waals surface area contributed by atoms with Crippen molar-refractivity contribution in [2.75, 3.05) is 15.1 Å². The Kier molecular flexibility index (Phi) is 11.9. The van der Waals surface area contributed by atoms with E-state index in [0.717, 1.165) is 18.5 Å². The average Bonchev–Trinajstić information content (AvgIpc) is 3.72. The van der Waals surface area contributed by atoms with Gasteiger partial charge in [-0.1, -0.05) is 143 Å². The molecule has 5 heteroatoms. The molecule has 0 saturated carbocycles. The van der Waals surface area contributed by atoms with Crippen LogP contribution in [-0.2, 0) is 10.8 Å². The first-order valence-electron chi connectivity index (χ1n) is 28.6. The van der Waals surface area contributed by atoms with E-state index < -0.39 is 0 Å². The molecule has 8 aliphatic rings. The topological polar surface area (TPSA) is 18.5 Å². The highest BCUT2D eigenvalue weighted by atomic mass is 32.1. The summed E-state index contributed by atoms with van der Waals surface area (Å²) in [7, 11) is 0. The Labute approximate surface area is 438 Å². The van der Waals surface area contributed by atoms with Crippen LogP contribution < -0.4 is 30.8 Å². The number of benzene rings is 3. The molecule has 4 aromatic rings. The maximum absolute atomic E-state index is 4.61. The number of hydrogen-bond donors (Lipinski definition) is 1. The zero-order valence-electron chi connectivity index (χ0n) is 45.9. The van der Waals surface area contributed by atoms with E-state index in [1.807, 2.05) is 0 Å². The molecule has 0 spiro atoms. The smallest absolute Gasteiger partial charge is 0.264 e. The van der Waals surface area contributed by atoms with E-state index in [9.17, 15) is 0 Å². The molecule has 3 aromatic carbocycles.